The van der Waals surface area contributed by atoms with E-state index in [2.05, 4.69) is 0 Å². The fourth-order valence-corrected chi connectivity index (χ4v) is 0.957. The van der Waals surface area contributed by atoms with Crippen LogP contribution in [0.5, 0.6) is 0 Å². The lowest BCUT2D eigenvalue weighted by Crippen LogP contribution is -2.25. The van der Waals surface area contributed by atoms with Crippen LogP contribution in [-0.4, -0.2) is 22.8 Å². The van der Waals surface area contributed by atoms with Crippen LogP contribution in [0.3, 0.4) is 0 Å². The molecule has 0 aliphatic carbocycles. The van der Waals surface area contributed by atoms with Gasteiger partial charge in [0.1, 0.15) is 5.60 Å². The third-order valence-corrected chi connectivity index (χ3v) is 1.78. The molecule has 0 aromatic heterocycles. The Kier molecular flexibility index (Phi) is 4.85. The lowest BCUT2D eigenvalue weighted by atomic mass is 10.0. The topological polar surface area (TPSA) is 46.5 Å². The van der Waals surface area contributed by atoms with Gasteiger partial charge in [-0.15, -0.1) is 0 Å². The van der Waals surface area contributed by atoms with Crippen molar-refractivity contribution in [3.63, 3.8) is 0 Å². The summed E-state index contributed by atoms with van der Waals surface area (Å²) in [6, 6.07) is 0. The second-order valence-electron chi connectivity index (χ2n) is 4.29. The fraction of sp³-hybridized carbons (Fsp3) is 0.727. The Morgan fingerprint density at radius 2 is 1.93 bits per heavy atom. The summed E-state index contributed by atoms with van der Waals surface area (Å²) in [5.41, 5.74) is -0.651. The maximum absolute atomic E-state index is 10.7. The molecule has 1 N–H and O–H groups in total. The molecule has 0 aromatic carbocycles. The summed E-state index contributed by atoms with van der Waals surface area (Å²) in [7, 11) is 0. The zero-order valence-electron chi connectivity index (χ0n) is 9.57. The zero-order valence-corrected chi connectivity index (χ0v) is 9.57. The van der Waals surface area contributed by atoms with E-state index in [-0.39, 0.29) is 11.9 Å². The van der Waals surface area contributed by atoms with Gasteiger partial charge in [0.15, 0.2) is 0 Å². The molecule has 0 aliphatic heterocycles. The first kappa shape index (κ1) is 13.2. The molecule has 0 rings (SSSR count). The Morgan fingerprint density at radius 1 is 1.43 bits per heavy atom. The van der Waals surface area contributed by atoms with Gasteiger partial charge in [0, 0.05) is 6.92 Å². The highest BCUT2D eigenvalue weighted by Crippen LogP contribution is 2.13. The molecular weight excluding hydrogens is 180 g/mol. The average Bonchev–Trinajstić information content (AvgIpc) is 1.97. The minimum atomic E-state index is -0.651. The molecule has 1 atom stereocenters. The highest BCUT2D eigenvalue weighted by molar-refractivity contribution is 5.66. The van der Waals surface area contributed by atoms with Crippen molar-refractivity contribution in [2.45, 2.75) is 46.3 Å². The Bertz CT molecular complexity index is 217. The van der Waals surface area contributed by atoms with Crippen molar-refractivity contribution in [2.24, 2.45) is 5.92 Å². The lowest BCUT2D eigenvalue weighted by Gasteiger charge is -2.21. The molecule has 0 radical (unpaired) electrons. The van der Waals surface area contributed by atoms with Gasteiger partial charge in [-0.25, -0.2) is 0 Å². The smallest absolute Gasteiger partial charge is 0.303 e. The van der Waals surface area contributed by atoms with Crippen molar-refractivity contribution in [1.29, 1.82) is 0 Å². The number of hydrogen-bond donors (Lipinski definition) is 1. The Morgan fingerprint density at radius 3 is 2.29 bits per heavy atom. The molecule has 0 spiro atoms. The molecular formula is C11H20O3. The fourth-order valence-electron chi connectivity index (χ4n) is 0.957. The van der Waals surface area contributed by atoms with Crippen molar-refractivity contribution in [3.05, 3.63) is 12.2 Å². The van der Waals surface area contributed by atoms with Gasteiger partial charge in [0.05, 0.1) is 6.10 Å². The number of rotatable bonds is 4. The number of aliphatic hydroxyl groups excluding tert-OH is 1. The highest BCUT2D eigenvalue weighted by atomic mass is 16.6. The van der Waals surface area contributed by atoms with Crippen molar-refractivity contribution in [1.82, 2.24) is 0 Å². The highest BCUT2D eigenvalue weighted by Gasteiger charge is 2.17. The van der Waals surface area contributed by atoms with Gasteiger partial charge in [0.25, 0.3) is 0 Å². The van der Waals surface area contributed by atoms with Gasteiger partial charge < -0.3 is 9.84 Å². The number of aliphatic hydroxyl groups is 1. The van der Waals surface area contributed by atoms with Crippen LogP contribution in [0.4, 0.5) is 0 Å². The van der Waals surface area contributed by atoms with Crippen LogP contribution >= 0.6 is 0 Å². The van der Waals surface area contributed by atoms with Crippen molar-refractivity contribution in [3.8, 4) is 0 Å². The zero-order chi connectivity index (χ0) is 11.4. The molecule has 14 heavy (non-hydrogen) atoms. The molecule has 0 bridgehead atoms. The standard InChI is InChI=1S/C11H20O3/c1-8(2)10(13)6-7-11(4,5)14-9(3)12/h6-8,10,13H,1-5H3/b7-6+. The molecule has 0 saturated heterocycles. The van der Waals surface area contributed by atoms with Crippen LogP contribution in [0.2, 0.25) is 0 Å². The number of carbonyl (C=O) groups is 1. The summed E-state index contributed by atoms with van der Waals surface area (Å²) >= 11 is 0. The summed E-state index contributed by atoms with van der Waals surface area (Å²) in [4.78, 5) is 10.7. The molecule has 3 nitrogen and oxygen atoms in total. The van der Waals surface area contributed by atoms with Crippen LogP contribution in [0.1, 0.15) is 34.6 Å². The maximum atomic E-state index is 10.7. The molecule has 0 amide bonds. The molecule has 82 valence electrons. The maximum Gasteiger partial charge on any atom is 0.303 e. The number of ether oxygens (including phenoxy) is 1. The van der Waals surface area contributed by atoms with Crippen LogP contribution < -0.4 is 0 Å². The number of esters is 1. The Labute approximate surface area is 85.8 Å². The Balaban J connectivity index is 4.26. The van der Waals surface area contributed by atoms with Crippen LogP contribution in [-0.2, 0) is 9.53 Å². The quantitative estimate of drug-likeness (QED) is 0.557. The summed E-state index contributed by atoms with van der Waals surface area (Å²) in [6.45, 7) is 8.77. The molecule has 0 aromatic rings. The van der Waals surface area contributed by atoms with Gasteiger partial charge in [-0.05, 0) is 25.8 Å². The van der Waals surface area contributed by atoms with Crippen molar-refractivity contribution >= 4 is 5.97 Å². The Hall–Kier alpha value is -0.830. The first-order valence-corrected chi connectivity index (χ1v) is 4.81. The first-order chi connectivity index (χ1) is 6.24. The van der Waals surface area contributed by atoms with E-state index in [1.54, 1.807) is 26.0 Å². The van der Waals surface area contributed by atoms with Gasteiger partial charge in [-0.3, -0.25) is 4.79 Å². The van der Waals surface area contributed by atoms with E-state index in [0.717, 1.165) is 0 Å². The van der Waals surface area contributed by atoms with Crippen LogP contribution in [0, 0.1) is 5.92 Å². The average molecular weight is 200 g/mol. The van der Waals surface area contributed by atoms with Crippen molar-refractivity contribution in [2.75, 3.05) is 0 Å². The molecule has 1 unspecified atom stereocenters. The van der Waals surface area contributed by atoms with E-state index in [1.807, 2.05) is 13.8 Å². The SMILES string of the molecule is CC(=O)OC(C)(C)/C=C/C(O)C(C)C. The van der Waals surface area contributed by atoms with E-state index in [1.165, 1.54) is 6.92 Å². The van der Waals surface area contributed by atoms with E-state index in [4.69, 9.17) is 4.74 Å². The van der Waals surface area contributed by atoms with Gasteiger partial charge in [0.2, 0.25) is 0 Å². The van der Waals surface area contributed by atoms with Gasteiger partial charge >= 0.3 is 5.97 Å². The number of carbonyl (C=O) groups excluding carboxylic acids is 1. The molecule has 0 aliphatic rings. The first-order valence-electron chi connectivity index (χ1n) is 4.81. The number of hydrogen-bond acceptors (Lipinski definition) is 3. The second kappa shape index (κ2) is 5.15. The third-order valence-electron chi connectivity index (χ3n) is 1.78. The summed E-state index contributed by atoms with van der Waals surface area (Å²) in [5, 5.41) is 9.50. The van der Waals surface area contributed by atoms with E-state index in [9.17, 15) is 9.90 Å². The predicted octanol–water partition coefficient (Wildman–Crippen LogP) is 1.90. The summed E-state index contributed by atoms with van der Waals surface area (Å²) in [5.74, 6) is -0.155. The molecule has 0 fully saturated rings. The largest absolute Gasteiger partial charge is 0.456 e. The molecule has 0 heterocycles. The van der Waals surface area contributed by atoms with Crippen LogP contribution in [0.25, 0.3) is 0 Å². The van der Waals surface area contributed by atoms with E-state index >= 15 is 0 Å². The van der Waals surface area contributed by atoms with Crippen molar-refractivity contribution < 1.29 is 14.6 Å². The summed E-state index contributed by atoms with van der Waals surface area (Å²) < 4.78 is 5.03. The van der Waals surface area contributed by atoms with Gasteiger partial charge in [-0.2, -0.15) is 0 Å². The second-order valence-corrected chi connectivity index (χ2v) is 4.29. The minimum Gasteiger partial charge on any atom is -0.456 e. The van der Waals surface area contributed by atoms with Gasteiger partial charge in [-0.1, -0.05) is 19.9 Å². The molecule has 0 saturated carbocycles. The monoisotopic (exact) mass is 200 g/mol. The third kappa shape index (κ3) is 5.75. The molecule has 3 heteroatoms. The lowest BCUT2D eigenvalue weighted by molar-refractivity contribution is -0.149. The van der Waals surface area contributed by atoms with E-state index < -0.39 is 11.7 Å². The van der Waals surface area contributed by atoms with E-state index in [0.29, 0.717) is 0 Å². The minimum absolute atomic E-state index is 0.166. The summed E-state index contributed by atoms with van der Waals surface area (Å²) in [6.07, 6.45) is 2.87. The predicted molar refractivity (Wildman–Crippen MR) is 55.8 cm³/mol. The normalized spacial score (nSPS) is 14.8. The van der Waals surface area contributed by atoms with Crippen LogP contribution in [0.15, 0.2) is 12.2 Å².